The summed E-state index contributed by atoms with van der Waals surface area (Å²) in [5.74, 6) is 0.582. The van der Waals surface area contributed by atoms with Gasteiger partial charge in [0.25, 0.3) is 0 Å². The minimum absolute atomic E-state index is 0.0333. The molecule has 2 aromatic rings. The van der Waals surface area contributed by atoms with E-state index in [9.17, 15) is 26.4 Å². The number of amides is 1. The summed E-state index contributed by atoms with van der Waals surface area (Å²) in [6.07, 6.45) is 1.46. The van der Waals surface area contributed by atoms with Gasteiger partial charge in [-0.15, -0.1) is 0 Å². The van der Waals surface area contributed by atoms with E-state index in [-0.39, 0.29) is 24.9 Å². The number of piperidine rings is 2. The molecule has 3 heterocycles. The first kappa shape index (κ1) is 29.8. The number of alkyl halides is 3. The van der Waals surface area contributed by atoms with Gasteiger partial charge in [-0.2, -0.15) is 17.5 Å². The molecule has 0 aliphatic carbocycles. The molecule has 0 saturated carbocycles. The second kappa shape index (κ2) is 12.3. The summed E-state index contributed by atoms with van der Waals surface area (Å²) in [5, 5.41) is 0. The summed E-state index contributed by atoms with van der Waals surface area (Å²) < 4.78 is 74.0. The number of sulfonamides is 1. The summed E-state index contributed by atoms with van der Waals surface area (Å²) >= 11 is 0. The minimum Gasteiger partial charge on any atom is -0.493 e. The van der Waals surface area contributed by atoms with Gasteiger partial charge in [0.15, 0.2) is 0 Å². The molecule has 224 valence electrons. The fraction of sp³-hybridized carbons (Fsp3) is 0.567. The molecule has 3 aliphatic rings. The van der Waals surface area contributed by atoms with Crippen LogP contribution >= 0.6 is 0 Å². The van der Waals surface area contributed by atoms with Crippen LogP contribution in [-0.2, 0) is 27.5 Å². The number of fused-ring (bicyclic) bond motifs is 1. The highest BCUT2D eigenvalue weighted by Crippen LogP contribution is 2.38. The number of benzene rings is 2. The van der Waals surface area contributed by atoms with Gasteiger partial charge in [-0.25, -0.2) is 8.42 Å². The monoisotopic (exact) mass is 593 g/mol. The largest absolute Gasteiger partial charge is 0.493 e. The third-order valence-electron chi connectivity index (χ3n) is 8.55. The number of likely N-dealkylation sites (tertiary alicyclic amines) is 1. The average Bonchev–Trinajstić information content (AvgIpc) is 2.96. The Hall–Kier alpha value is -2.63. The number of nitrogens with zero attached hydrogens (tertiary/aromatic N) is 3. The molecule has 41 heavy (non-hydrogen) atoms. The Morgan fingerprint density at radius 1 is 1.00 bits per heavy atom. The van der Waals surface area contributed by atoms with Gasteiger partial charge in [0.1, 0.15) is 5.75 Å². The van der Waals surface area contributed by atoms with Crippen molar-refractivity contribution in [3.8, 4) is 5.75 Å². The molecule has 2 fully saturated rings. The Balaban J connectivity index is 1.30. The van der Waals surface area contributed by atoms with Crippen LogP contribution in [0.3, 0.4) is 0 Å². The van der Waals surface area contributed by atoms with Crippen LogP contribution in [0.5, 0.6) is 5.75 Å². The van der Waals surface area contributed by atoms with E-state index in [0.29, 0.717) is 31.9 Å². The highest BCUT2D eigenvalue weighted by molar-refractivity contribution is 7.89. The molecule has 0 N–H and O–H groups in total. The van der Waals surface area contributed by atoms with Gasteiger partial charge in [-0.1, -0.05) is 31.0 Å². The van der Waals surface area contributed by atoms with Crippen LogP contribution in [0, 0.1) is 0 Å². The number of halogens is 3. The number of carbonyl (C=O) groups is 1. The van der Waals surface area contributed by atoms with Gasteiger partial charge in [0, 0.05) is 44.6 Å². The number of hydrogen-bond acceptors (Lipinski definition) is 5. The summed E-state index contributed by atoms with van der Waals surface area (Å²) in [7, 11) is -2.48. The van der Waals surface area contributed by atoms with Crippen molar-refractivity contribution in [3.63, 3.8) is 0 Å². The third kappa shape index (κ3) is 6.73. The maximum atomic E-state index is 13.6. The van der Waals surface area contributed by atoms with Crippen molar-refractivity contribution in [2.75, 3.05) is 33.3 Å². The Labute approximate surface area is 240 Å². The fourth-order valence-corrected chi connectivity index (χ4v) is 8.01. The van der Waals surface area contributed by atoms with Gasteiger partial charge in [0.05, 0.1) is 23.1 Å². The first-order valence-electron chi connectivity index (χ1n) is 14.5. The van der Waals surface area contributed by atoms with E-state index in [0.717, 1.165) is 49.5 Å². The van der Waals surface area contributed by atoms with Crippen LogP contribution in [0.1, 0.15) is 74.1 Å². The highest BCUT2D eigenvalue weighted by Gasteiger charge is 2.38. The molecule has 5 rings (SSSR count). The lowest BCUT2D eigenvalue weighted by Gasteiger charge is -2.37. The van der Waals surface area contributed by atoms with Gasteiger partial charge in [-0.3, -0.25) is 9.69 Å². The van der Waals surface area contributed by atoms with Crippen molar-refractivity contribution in [1.82, 2.24) is 14.1 Å². The lowest BCUT2D eigenvalue weighted by atomic mass is 9.96. The SMILES string of the molecule is CN(C(=O)CC1CCCCN1S(=O)(=O)c1cccc(C(F)(F)F)c1)C1CCOc2cc(CN3CCCCC3)ccc21. The van der Waals surface area contributed by atoms with Crippen LogP contribution in [-0.4, -0.2) is 67.8 Å². The molecule has 2 saturated heterocycles. The zero-order valence-corrected chi connectivity index (χ0v) is 24.2. The smallest absolute Gasteiger partial charge is 0.416 e. The molecular formula is C30H38F3N3O4S. The molecule has 2 unspecified atom stereocenters. The molecule has 0 bridgehead atoms. The van der Waals surface area contributed by atoms with E-state index in [1.165, 1.54) is 35.2 Å². The highest BCUT2D eigenvalue weighted by atomic mass is 32.2. The van der Waals surface area contributed by atoms with Crippen molar-refractivity contribution in [2.24, 2.45) is 0 Å². The van der Waals surface area contributed by atoms with E-state index < -0.39 is 32.7 Å². The first-order valence-corrected chi connectivity index (χ1v) is 15.9. The second-order valence-corrected chi connectivity index (χ2v) is 13.3. The molecule has 0 spiro atoms. The first-order chi connectivity index (χ1) is 19.5. The van der Waals surface area contributed by atoms with Gasteiger partial charge < -0.3 is 9.64 Å². The van der Waals surface area contributed by atoms with Crippen molar-refractivity contribution in [2.45, 2.75) is 81.1 Å². The topological polar surface area (TPSA) is 70.2 Å². The molecule has 11 heteroatoms. The molecule has 7 nitrogen and oxygen atoms in total. The zero-order valence-electron chi connectivity index (χ0n) is 23.4. The second-order valence-electron chi connectivity index (χ2n) is 11.4. The zero-order chi connectivity index (χ0) is 29.2. The summed E-state index contributed by atoms with van der Waals surface area (Å²) in [4.78, 5) is 17.3. The average molecular weight is 594 g/mol. The van der Waals surface area contributed by atoms with E-state index in [1.54, 1.807) is 11.9 Å². The summed E-state index contributed by atoms with van der Waals surface area (Å²) in [5.41, 5.74) is 1.10. The summed E-state index contributed by atoms with van der Waals surface area (Å²) in [6.45, 7) is 3.70. The normalized spacial score (nSPS) is 22.5. The number of rotatable bonds is 7. The van der Waals surface area contributed by atoms with Crippen LogP contribution in [0.2, 0.25) is 0 Å². The minimum atomic E-state index is -4.65. The summed E-state index contributed by atoms with van der Waals surface area (Å²) in [6, 6.07) is 9.19. The number of ether oxygens (including phenoxy) is 1. The van der Waals surface area contributed by atoms with Gasteiger partial charge in [0.2, 0.25) is 15.9 Å². The van der Waals surface area contributed by atoms with Crippen LogP contribution in [0.4, 0.5) is 13.2 Å². The predicted molar refractivity (Wildman–Crippen MR) is 149 cm³/mol. The van der Waals surface area contributed by atoms with Crippen LogP contribution < -0.4 is 4.74 Å². The lowest BCUT2D eigenvalue weighted by Crippen LogP contribution is -2.46. The molecule has 3 aliphatic heterocycles. The Morgan fingerprint density at radius 3 is 2.51 bits per heavy atom. The Morgan fingerprint density at radius 2 is 1.76 bits per heavy atom. The van der Waals surface area contributed by atoms with Gasteiger partial charge >= 0.3 is 6.18 Å². The van der Waals surface area contributed by atoms with E-state index in [2.05, 4.69) is 17.0 Å². The molecule has 0 radical (unpaired) electrons. The van der Waals surface area contributed by atoms with E-state index in [4.69, 9.17) is 4.74 Å². The van der Waals surface area contributed by atoms with Crippen molar-refractivity contribution >= 4 is 15.9 Å². The van der Waals surface area contributed by atoms with Crippen LogP contribution in [0.15, 0.2) is 47.4 Å². The van der Waals surface area contributed by atoms with E-state index >= 15 is 0 Å². The number of hydrogen-bond donors (Lipinski definition) is 0. The van der Waals surface area contributed by atoms with Crippen molar-refractivity contribution < 1.29 is 31.1 Å². The third-order valence-corrected chi connectivity index (χ3v) is 10.5. The maximum Gasteiger partial charge on any atom is 0.416 e. The standard InChI is InChI=1S/C30H38F3N3O4S/c1-34(27-13-17-40-28-18-22(11-12-26(27)28)21-35-14-4-2-5-15-35)29(37)20-24-9-3-6-16-36(24)41(38,39)25-10-7-8-23(19-25)30(31,32)33/h7-8,10-12,18-19,24,27H,2-6,9,13-17,20-21H2,1H3. The Kier molecular flexibility index (Phi) is 8.96. The van der Waals surface area contributed by atoms with Crippen LogP contribution in [0.25, 0.3) is 0 Å². The van der Waals surface area contributed by atoms with Crippen molar-refractivity contribution in [3.05, 3.63) is 59.2 Å². The molecular weight excluding hydrogens is 555 g/mol. The van der Waals surface area contributed by atoms with Crippen molar-refractivity contribution in [1.29, 1.82) is 0 Å². The quantitative estimate of drug-likeness (QED) is 0.418. The molecule has 2 aromatic carbocycles. The predicted octanol–water partition coefficient (Wildman–Crippen LogP) is 5.61. The van der Waals surface area contributed by atoms with E-state index in [1.807, 2.05) is 6.07 Å². The number of carbonyl (C=O) groups excluding carboxylic acids is 1. The maximum absolute atomic E-state index is 13.6. The molecule has 2 atom stereocenters. The molecule has 1 amide bonds. The van der Waals surface area contributed by atoms with Gasteiger partial charge in [-0.05, 0) is 68.6 Å². The Bertz CT molecular complexity index is 1340. The fourth-order valence-electron chi connectivity index (χ4n) is 6.27. The molecule has 0 aromatic heterocycles. The lowest BCUT2D eigenvalue weighted by molar-refractivity contribution is -0.137.